The quantitative estimate of drug-likeness (QED) is 0.870. The van der Waals surface area contributed by atoms with Gasteiger partial charge in [0.1, 0.15) is 5.82 Å². The number of halogens is 1. The maximum Gasteiger partial charge on any atom is 0.241 e. The average Bonchev–Trinajstić information content (AvgIpc) is 2.30. The Morgan fingerprint density at radius 1 is 1.50 bits per heavy atom. The standard InChI is InChI=1S/C15H23FN2O2/c1-10-6-7-12(8-13(10)16)17-14(19)11(2)18(5)9-15(3,4)20/h6-8,11,20H,9H2,1-5H3,(H,17,19). The van der Waals surface area contributed by atoms with Gasteiger partial charge in [0, 0.05) is 12.2 Å². The van der Waals surface area contributed by atoms with Crippen LogP contribution in [0.15, 0.2) is 18.2 Å². The van der Waals surface area contributed by atoms with E-state index < -0.39 is 11.6 Å². The van der Waals surface area contributed by atoms with Crippen molar-refractivity contribution in [3.8, 4) is 0 Å². The molecule has 0 aliphatic rings. The number of benzene rings is 1. The van der Waals surface area contributed by atoms with E-state index in [1.54, 1.807) is 51.8 Å². The third kappa shape index (κ3) is 4.90. The average molecular weight is 282 g/mol. The lowest BCUT2D eigenvalue weighted by Gasteiger charge is -2.29. The second-order valence-corrected chi connectivity index (χ2v) is 5.86. The first-order valence-corrected chi connectivity index (χ1v) is 6.60. The second kappa shape index (κ2) is 6.33. The summed E-state index contributed by atoms with van der Waals surface area (Å²) in [6.45, 7) is 7.14. The van der Waals surface area contributed by atoms with Crippen LogP contribution in [0.2, 0.25) is 0 Å². The SMILES string of the molecule is Cc1ccc(NC(=O)C(C)N(C)CC(C)(C)O)cc1F. The molecule has 1 aromatic carbocycles. The number of rotatable bonds is 5. The molecule has 1 atom stereocenters. The second-order valence-electron chi connectivity index (χ2n) is 5.86. The predicted molar refractivity (Wildman–Crippen MR) is 78.2 cm³/mol. The van der Waals surface area contributed by atoms with Crippen molar-refractivity contribution in [3.63, 3.8) is 0 Å². The minimum atomic E-state index is -0.876. The first-order chi connectivity index (χ1) is 9.10. The molecular weight excluding hydrogens is 259 g/mol. The summed E-state index contributed by atoms with van der Waals surface area (Å²) in [6.07, 6.45) is 0. The molecule has 1 rings (SSSR count). The van der Waals surface area contributed by atoms with Crippen LogP contribution in [-0.4, -0.2) is 41.1 Å². The van der Waals surface area contributed by atoms with Crippen molar-refractivity contribution >= 4 is 11.6 Å². The lowest BCUT2D eigenvalue weighted by molar-refractivity contribution is -0.121. The fraction of sp³-hybridized carbons (Fsp3) is 0.533. The fourth-order valence-corrected chi connectivity index (χ4v) is 1.86. The minimum absolute atomic E-state index is 0.236. The number of nitrogens with zero attached hydrogens (tertiary/aromatic N) is 1. The van der Waals surface area contributed by atoms with Crippen molar-refractivity contribution in [2.45, 2.75) is 39.3 Å². The number of anilines is 1. The van der Waals surface area contributed by atoms with Gasteiger partial charge in [0.05, 0.1) is 11.6 Å². The molecule has 5 heteroatoms. The number of aliphatic hydroxyl groups is 1. The van der Waals surface area contributed by atoms with Gasteiger partial charge < -0.3 is 10.4 Å². The molecule has 1 unspecified atom stereocenters. The van der Waals surface area contributed by atoms with Gasteiger partial charge in [-0.2, -0.15) is 0 Å². The van der Waals surface area contributed by atoms with Gasteiger partial charge in [-0.15, -0.1) is 0 Å². The van der Waals surface area contributed by atoms with Crippen LogP contribution in [0.25, 0.3) is 0 Å². The normalized spacial score (nSPS) is 13.4. The summed E-state index contributed by atoms with van der Waals surface area (Å²) in [5.41, 5.74) is 0.0935. The first-order valence-electron chi connectivity index (χ1n) is 6.60. The number of carbonyl (C=O) groups excluding carboxylic acids is 1. The van der Waals surface area contributed by atoms with Crippen molar-refractivity contribution in [1.29, 1.82) is 0 Å². The number of carbonyl (C=O) groups is 1. The van der Waals surface area contributed by atoms with E-state index in [9.17, 15) is 14.3 Å². The number of aryl methyl sites for hydroxylation is 1. The number of hydrogen-bond donors (Lipinski definition) is 2. The summed E-state index contributed by atoms with van der Waals surface area (Å²) in [5, 5.41) is 12.4. The molecule has 112 valence electrons. The lowest BCUT2D eigenvalue weighted by Crippen LogP contribution is -2.46. The van der Waals surface area contributed by atoms with Gasteiger partial charge >= 0.3 is 0 Å². The summed E-state index contributed by atoms with van der Waals surface area (Å²) in [7, 11) is 1.76. The zero-order chi connectivity index (χ0) is 15.5. The highest BCUT2D eigenvalue weighted by Crippen LogP contribution is 2.15. The molecule has 0 bridgehead atoms. The topological polar surface area (TPSA) is 52.6 Å². The molecule has 0 saturated heterocycles. The molecule has 1 aromatic rings. The van der Waals surface area contributed by atoms with Crippen LogP contribution in [0.3, 0.4) is 0 Å². The zero-order valence-corrected chi connectivity index (χ0v) is 12.7. The highest BCUT2D eigenvalue weighted by Gasteiger charge is 2.23. The van der Waals surface area contributed by atoms with Gasteiger partial charge in [-0.3, -0.25) is 9.69 Å². The van der Waals surface area contributed by atoms with Gasteiger partial charge in [-0.25, -0.2) is 4.39 Å². The van der Waals surface area contributed by atoms with Crippen LogP contribution in [0.1, 0.15) is 26.3 Å². The Kier molecular flexibility index (Phi) is 5.25. The maximum absolute atomic E-state index is 13.4. The predicted octanol–water partition coefficient (Wildman–Crippen LogP) is 2.16. The Hall–Kier alpha value is -1.46. The summed E-state index contributed by atoms with van der Waals surface area (Å²) in [5.74, 6) is -0.583. The van der Waals surface area contributed by atoms with Gasteiger partial charge in [0.2, 0.25) is 5.91 Å². The van der Waals surface area contributed by atoms with Gasteiger partial charge in [0.25, 0.3) is 0 Å². The van der Waals surface area contributed by atoms with Crippen molar-refractivity contribution in [2.75, 3.05) is 18.9 Å². The monoisotopic (exact) mass is 282 g/mol. The van der Waals surface area contributed by atoms with E-state index in [1.807, 2.05) is 0 Å². The molecule has 0 aliphatic carbocycles. The van der Waals surface area contributed by atoms with E-state index in [0.29, 0.717) is 17.8 Å². The summed E-state index contributed by atoms with van der Waals surface area (Å²) >= 11 is 0. The van der Waals surface area contributed by atoms with E-state index in [2.05, 4.69) is 5.32 Å². The highest BCUT2D eigenvalue weighted by atomic mass is 19.1. The molecule has 0 radical (unpaired) electrons. The van der Waals surface area contributed by atoms with Crippen molar-refractivity contribution in [1.82, 2.24) is 4.90 Å². The Bertz CT molecular complexity index is 483. The highest BCUT2D eigenvalue weighted by molar-refractivity contribution is 5.94. The summed E-state index contributed by atoms with van der Waals surface area (Å²) in [4.78, 5) is 13.8. The van der Waals surface area contributed by atoms with E-state index >= 15 is 0 Å². The number of nitrogens with one attached hydrogen (secondary N) is 1. The van der Waals surface area contributed by atoms with Crippen LogP contribution >= 0.6 is 0 Å². The maximum atomic E-state index is 13.4. The first kappa shape index (κ1) is 16.6. The molecule has 20 heavy (non-hydrogen) atoms. The summed E-state index contributed by atoms with van der Waals surface area (Å²) < 4.78 is 13.4. The largest absolute Gasteiger partial charge is 0.389 e. The lowest BCUT2D eigenvalue weighted by atomic mass is 10.1. The van der Waals surface area contributed by atoms with E-state index in [-0.39, 0.29) is 11.7 Å². The molecule has 2 N–H and O–H groups in total. The molecular formula is C15H23FN2O2. The molecule has 0 fully saturated rings. The molecule has 0 heterocycles. The fourth-order valence-electron chi connectivity index (χ4n) is 1.86. The Morgan fingerprint density at radius 2 is 2.10 bits per heavy atom. The molecule has 4 nitrogen and oxygen atoms in total. The van der Waals surface area contributed by atoms with Crippen molar-refractivity contribution in [2.24, 2.45) is 0 Å². The molecule has 0 aromatic heterocycles. The molecule has 0 aliphatic heterocycles. The van der Waals surface area contributed by atoms with E-state index in [4.69, 9.17) is 0 Å². The Labute approximate surface area is 119 Å². The Morgan fingerprint density at radius 3 is 2.60 bits per heavy atom. The molecule has 0 saturated carbocycles. The van der Waals surface area contributed by atoms with Crippen molar-refractivity contribution in [3.05, 3.63) is 29.6 Å². The third-order valence-electron chi connectivity index (χ3n) is 3.12. The number of amides is 1. The van der Waals surface area contributed by atoms with E-state index in [1.165, 1.54) is 6.07 Å². The van der Waals surface area contributed by atoms with Gasteiger partial charge in [-0.1, -0.05) is 6.07 Å². The molecule has 0 spiro atoms. The van der Waals surface area contributed by atoms with Crippen LogP contribution in [0.4, 0.5) is 10.1 Å². The Balaban J connectivity index is 2.68. The molecule has 1 amide bonds. The van der Waals surface area contributed by atoms with E-state index in [0.717, 1.165) is 0 Å². The number of likely N-dealkylation sites (N-methyl/N-ethyl adjacent to an activating group) is 1. The van der Waals surface area contributed by atoms with Gasteiger partial charge in [0.15, 0.2) is 0 Å². The summed E-state index contributed by atoms with van der Waals surface area (Å²) in [6, 6.07) is 4.16. The van der Waals surface area contributed by atoms with Gasteiger partial charge in [-0.05, 0) is 52.4 Å². The van der Waals surface area contributed by atoms with Crippen molar-refractivity contribution < 1.29 is 14.3 Å². The number of hydrogen-bond acceptors (Lipinski definition) is 3. The smallest absolute Gasteiger partial charge is 0.241 e. The van der Waals surface area contributed by atoms with Crippen LogP contribution in [0, 0.1) is 12.7 Å². The third-order valence-corrected chi connectivity index (χ3v) is 3.12. The van der Waals surface area contributed by atoms with Crippen LogP contribution in [-0.2, 0) is 4.79 Å². The minimum Gasteiger partial charge on any atom is -0.389 e. The zero-order valence-electron chi connectivity index (χ0n) is 12.7. The van der Waals surface area contributed by atoms with Crippen LogP contribution < -0.4 is 5.32 Å². The van der Waals surface area contributed by atoms with Crippen LogP contribution in [0.5, 0.6) is 0 Å².